The van der Waals surface area contributed by atoms with Gasteiger partial charge in [-0.3, -0.25) is 4.79 Å². The Hall–Kier alpha value is -1.31. The molecule has 13 heavy (non-hydrogen) atoms. The monoisotopic (exact) mass is 176 g/mol. The highest BCUT2D eigenvalue weighted by atomic mass is 16.5. The molecule has 0 radical (unpaired) electrons. The number of benzene rings is 1. The highest BCUT2D eigenvalue weighted by Crippen LogP contribution is 2.28. The van der Waals surface area contributed by atoms with Crippen molar-refractivity contribution in [2.24, 2.45) is 0 Å². The maximum Gasteiger partial charge on any atom is 0.153 e. The molecule has 1 aromatic rings. The van der Waals surface area contributed by atoms with Crippen LogP contribution in [0.25, 0.3) is 0 Å². The molecule has 2 rings (SSSR count). The highest BCUT2D eigenvalue weighted by Gasteiger charge is 2.24. The van der Waals surface area contributed by atoms with E-state index in [-0.39, 0.29) is 0 Å². The first-order valence-electron chi connectivity index (χ1n) is 4.52. The van der Waals surface area contributed by atoms with Gasteiger partial charge in [0.15, 0.2) is 6.29 Å². The Bertz CT molecular complexity index is 327. The lowest BCUT2D eigenvalue weighted by atomic mass is 10.1. The molecule has 0 atom stereocenters. The lowest BCUT2D eigenvalue weighted by Crippen LogP contribution is -1.99. The summed E-state index contributed by atoms with van der Waals surface area (Å²) in [6.07, 6.45) is 3.43. The van der Waals surface area contributed by atoms with Gasteiger partial charge >= 0.3 is 0 Å². The van der Waals surface area contributed by atoms with Crippen molar-refractivity contribution < 1.29 is 9.53 Å². The molecule has 1 saturated carbocycles. The second-order valence-electron chi connectivity index (χ2n) is 3.48. The minimum Gasteiger partial charge on any atom is -0.490 e. The van der Waals surface area contributed by atoms with E-state index in [1.54, 1.807) is 0 Å². The Kier molecular flexibility index (Phi) is 2.05. The van der Waals surface area contributed by atoms with Crippen molar-refractivity contribution in [2.45, 2.75) is 25.9 Å². The molecule has 0 N–H and O–H groups in total. The lowest BCUT2D eigenvalue weighted by Gasteiger charge is -2.06. The van der Waals surface area contributed by atoms with Crippen LogP contribution in [0.3, 0.4) is 0 Å². The van der Waals surface area contributed by atoms with Gasteiger partial charge in [0.25, 0.3) is 0 Å². The van der Waals surface area contributed by atoms with Gasteiger partial charge in [-0.2, -0.15) is 0 Å². The van der Waals surface area contributed by atoms with E-state index in [2.05, 4.69) is 0 Å². The minimum atomic E-state index is 0.349. The van der Waals surface area contributed by atoms with Crippen LogP contribution in [0.1, 0.15) is 28.8 Å². The number of ether oxygens (including phenoxy) is 1. The van der Waals surface area contributed by atoms with Gasteiger partial charge in [-0.05, 0) is 31.9 Å². The maximum atomic E-state index is 10.7. The van der Waals surface area contributed by atoms with Gasteiger partial charge < -0.3 is 4.74 Å². The van der Waals surface area contributed by atoms with Crippen LogP contribution in [0.4, 0.5) is 0 Å². The fourth-order valence-corrected chi connectivity index (χ4v) is 1.23. The lowest BCUT2D eigenvalue weighted by molar-refractivity contribution is 0.111. The van der Waals surface area contributed by atoms with E-state index < -0.39 is 0 Å². The third kappa shape index (κ3) is 1.89. The van der Waals surface area contributed by atoms with Crippen molar-refractivity contribution in [3.63, 3.8) is 0 Å². The zero-order chi connectivity index (χ0) is 9.26. The molecule has 0 aliphatic heterocycles. The Morgan fingerprint density at radius 1 is 1.46 bits per heavy atom. The van der Waals surface area contributed by atoms with Crippen LogP contribution in [-0.2, 0) is 0 Å². The summed E-state index contributed by atoms with van der Waals surface area (Å²) in [4.78, 5) is 10.7. The molecule has 1 aromatic carbocycles. The van der Waals surface area contributed by atoms with Gasteiger partial charge in [-0.15, -0.1) is 0 Å². The number of hydrogen-bond donors (Lipinski definition) is 0. The second kappa shape index (κ2) is 3.21. The molecule has 0 bridgehead atoms. The van der Waals surface area contributed by atoms with E-state index >= 15 is 0 Å². The smallest absolute Gasteiger partial charge is 0.153 e. The van der Waals surface area contributed by atoms with Crippen LogP contribution in [0.5, 0.6) is 5.75 Å². The van der Waals surface area contributed by atoms with Gasteiger partial charge in [0.05, 0.1) is 11.7 Å². The normalized spacial score (nSPS) is 15.5. The molecule has 0 unspecified atom stereocenters. The van der Waals surface area contributed by atoms with Crippen LogP contribution in [0.2, 0.25) is 0 Å². The average molecular weight is 176 g/mol. The molecule has 2 nitrogen and oxygen atoms in total. The molecular weight excluding hydrogens is 164 g/mol. The van der Waals surface area contributed by atoms with Crippen molar-refractivity contribution in [1.29, 1.82) is 0 Å². The Balaban J connectivity index is 2.25. The quantitative estimate of drug-likeness (QED) is 0.661. The zero-order valence-electron chi connectivity index (χ0n) is 7.62. The Morgan fingerprint density at radius 2 is 2.23 bits per heavy atom. The number of hydrogen-bond acceptors (Lipinski definition) is 2. The Labute approximate surface area is 77.5 Å². The standard InChI is InChI=1S/C11H12O2/c1-8-2-5-11(9(6-8)7-12)13-10-3-4-10/h2,5-7,10H,3-4H2,1H3. The first kappa shape index (κ1) is 8.30. The molecule has 0 amide bonds. The van der Waals surface area contributed by atoms with E-state index in [1.807, 2.05) is 25.1 Å². The largest absolute Gasteiger partial charge is 0.490 e. The summed E-state index contributed by atoms with van der Waals surface area (Å²) in [5, 5.41) is 0. The minimum absolute atomic E-state index is 0.349. The van der Waals surface area contributed by atoms with Gasteiger partial charge in [-0.1, -0.05) is 11.6 Å². The average Bonchev–Trinajstić information content (AvgIpc) is 2.92. The van der Waals surface area contributed by atoms with Crippen molar-refractivity contribution in [3.05, 3.63) is 29.3 Å². The van der Waals surface area contributed by atoms with Crippen LogP contribution < -0.4 is 4.74 Å². The summed E-state index contributed by atoms with van der Waals surface area (Å²) >= 11 is 0. The molecule has 1 fully saturated rings. The number of rotatable bonds is 3. The summed E-state index contributed by atoms with van der Waals surface area (Å²) in [5.74, 6) is 0.725. The predicted octanol–water partition coefficient (Wildman–Crippen LogP) is 2.35. The van der Waals surface area contributed by atoms with E-state index in [0.717, 1.165) is 30.4 Å². The van der Waals surface area contributed by atoms with E-state index in [4.69, 9.17) is 4.74 Å². The Morgan fingerprint density at radius 3 is 2.85 bits per heavy atom. The van der Waals surface area contributed by atoms with E-state index in [0.29, 0.717) is 11.7 Å². The summed E-state index contributed by atoms with van der Waals surface area (Å²) in [5.41, 5.74) is 1.75. The number of carbonyl (C=O) groups excluding carboxylic acids is 1. The first-order chi connectivity index (χ1) is 6.29. The molecule has 0 spiro atoms. The molecule has 1 aliphatic carbocycles. The van der Waals surface area contributed by atoms with Crippen LogP contribution in [0, 0.1) is 6.92 Å². The molecule has 1 aliphatic rings. The van der Waals surface area contributed by atoms with Crippen molar-refractivity contribution >= 4 is 6.29 Å². The summed E-state index contributed by atoms with van der Waals surface area (Å²) < 4.78 is 5.57. The number of aryl methyl sites for hydroxylation is 1. The molecule has 0 saturated heterocycles. The predicted molar refractivity (Wildman–Crippen MR) is 50.2 cm³/mol. The highest BCUT2D eigenvalue weighted by molar-refractivity contribution is 5.79. The van der Waals surface area contributed by atoms with Crippen molar-refractivity contribution in [2.75, 3.05) is 0 Å². The van der Waals surface area contributed by atoms with E-state index in [1.165, 1.54) is 0 Å². The topological polar surface area (TPSA) is 26.3 Å². The third-order valence-electron chi connectivity index (χ3n) is 2.11. The fraction of sp³-hybridized carbons (Fsp3) is 0.364. The zero-order valence-corrected chi connectivity index (χ0v) is 7.62. The van der Waals surface area contributed by atoms with Gasteiger partial charge in [0.1, 0.15) is 5.75 Å². The molecule has 68 valence electrons. The van der Waals surface area contributed by atoms with Crippen LogP contribution in [-0.4, -0.2) is 12.4 Å². The maximum absolute atomic E-state index is 10.7. The second-order valence-corrected chi connectivity index (χ2v) is 3.48. The molecule has 0 aromatic heterocycles. The van der Waals surface area contributed by atoms with Gasteiger partial charge in [0, 0.05) is 0 Å². The number of aldehydes is 1. The van der Waals surface area contributed by atoms with E-state index in [9.17, 15) is 4.79 Å². The van der Waals surface area contributed by atoms with Gasteiger partial charge in [0.2, 0.25) is 0 Å². The summed E-state index contributed by atoms with van der Waals surface area (Å²) in [6.45, 7) is 1.97. The first-order valence-corrected chi connectivity index (χ1v) is 4.52. The van der Waals surface area contributed by atoms with Crippen molar-refractivity contribution in [1.82, 2.24) is 0 Å². The summed E-state index contributed by atoms with van der Waals surface area (Å²) in [7, 11) is 0. The SMILES string of the molecule is Cc1ccc(OC2CC2)c(C=O)c1. The molecular formula is C11H12O2. The van der Waals surface area contributed by atoms with Crippen LogP contribution >= 0.6 is 0 Å². The number of carbonyl (C=O) groups is 1. The molecule has 2 heteroatoms. The van der Waals surface area contributed by atoms with Gasteiger partial charge in [-0.25, -0.2) is 0 Å². The van der Waals surface area contributed by atoms with Crippen molar-refractivity contribution in [3.8, 4) is 5.75 Å². The fourth-order valence-electron chi connectivity index (χ4n) is 1.23. The van der Waals surface area contributed by atoms with Crippen LogP contribution in [0.15, 0.2) is 18.2 Å². The molecule has 0 heterocycles. The third-order valence-corrected chi connectivity index (χ3v) is 2.11. The summed E-state index contributed by atoms with van der Waals surface area (Å²) in [6, 6.07) is 5.69.